The van der Waals surface area contributed by atoms with Gasteiger partial charge in [0.05, 0.1) is 18.5 Å². The summed E-state index contributed by atoms with van der Waals surface area (Å²) in [4.78, 5) is 22.5. The number of benzene rings is 1. The van der Waals surface area contributed by atoms with Gasteiger partial charge in [-0.05, 0) is 43.3 Å². The predicted octanol–water partition coefficient (Wildman–Crippen LogP) is 4.63. The van der Waals surface area contributed by atoms with E-state index in [9.17, 15) is 4.79 Å². The topological polar surface area (TPSA) is 69.0 Å². The lowest BCUT2D eigenvalue weighted by Gasteiger charge is -2.04. The number of rotatable bonds is 5. The highest BCUT2D eigenvalue weighted by molar-refractivity contribution is 7.17. The van der Waals surface area contributed by atoms with E-state index in [-0.39, 0.29) is 5.91 Å². The summed E-state index contributed by atoms with van der Waals surface area (Å²) < 4.78 is 7.11. The first-order valence-corrected chi connectivity index (χ1v) is 9.86. The lowest BCUT2D eigenvalue weighted by Crippen LogP contribution is -2.11. The molecule has 0 fully saturated rings. The number of hydrogen-bond acceptors (Lipinski definition) is 6. The van der Waals surface area contributed by atoms with Gasteiger partial charge >= 0.3 is 0 Å². The monoisotopic (exact) mass is 396 g/mol. The van der Waals surface area contributed by atoms with E-state index >= 15 is 0 Å². The molecule has 1 aromatic carbocycles. The van der Waals surface area contributed by atoms with Gasteiger partial charge in [-0.1, -0.05) is 11.3 Å². The highest BCUT2D eigenvalue weighted by Crippen LogP contribution is 2.32. The fraction of sp³-hybridized carbons (Fsp3) is 0.105. The van der Waals surface area contributed by atoms with Crippen LogP contribution in [0.15, 0.2) is 54.2 Å². The lowest BCUT2D eigenvalue weighted by molar-refractivity contribution is 0.103. The molecule has 0 atom stereocenters. The third kappa shape index (κ3) is 3.62. The molecule has 0 aliphatic heterocycles. The third-order valence-electron chi connectivity index (χ3n) is 3.85. The number of nitrogens with zero attached hydrogens (tertiary/aromatic N) is 3. The van der Waals surface area contributed by atoms with Crippen molar-refractivity contribution in [3.05, 3.63) is 64.7 Å². The van der Waals surface area contributed by atoms with E-state index in [1.165, 1.54) is 22.7 Å². The summed E-state index contributed by atoms with van der Waals surface area (Å²) in [5, 5.41) is 6.08. The molecule has 0 aliphatic carbocycles. The quantitative estimate of drug-likeness (QED) is 0.534. The molecular weight excluding hydrogens is 380 g/mol. The lowest BCUT2D eigenvalue weighted by atomic mass is 10.1. The van der Waals surface area contributed by atoms with Gasteiger partial charge in [-0.25, -0.2) is 9.97 Å². The van der Waals surface area contributed by atoms with E-state index in [2.05, 4.69) is 10.3 Å². The Labute approximate surface area is 164 Å². The number of aryl methyl sites for hydroxylation is 1. The molecule has 1 amide bonds. The number of hydrogen-bond donors (Lipinski definition) is 1. The second kappa shape index (κ2) is 7.34. The number of amides is 1. The van der Waals surface area contributed by atoms with Gasteiger partial charge in [-0.15, -0.1) is 11.3 Å². The Hall–Kier alpha value is -2.97. The minimum atomic E-state index is -0.217. The van der Waals surface area contributed by atoms with Gasteiger partial charge in [-0.3, -0.25) is 10.1 Å². The van der Waals surface area contributed by atoms with Gasteiger partial charge in [-0.2, -0.15) is 0 Å². The van der Waals surface area contributed by atoms with Gasteiger partial charge in [0.2, 0.25) is 0 Å². The van der Waals surface area contributed by atoms with Crippen LogP contribution in [0.3, 0.4) is 0 Å². The molecule has 3 aromatic heterocycles. The average molecular weight is 396 g/mol. The van der Waals surface area contributed by atoms with Crippen molar-refractivity contribution >= 4 is 33.7 Å². The van der Waals surface area contributed by atoms with Crippen molar-refractivity contribution in [3.63, 3.8) is 0 Å². The summed E-state index contributed by atoms with van der Waals surface area (Å²) in [6.45, 7) is 1.89. The van der Waals surface area contributed by atoms with Crippen molar-refractivity contribution in [1.29, 1.82) is 0 Å². The Morgan fingerprint density at radius 3 is 2.52 bits per heavy atom. The van der Waals surface area contributed by atoms with Crippen LogP contribution in [0.4, 0.5) is 5.13 Å². The van der Waals surface area contributed by atoms with E-state index in [4.69, 9.17) is 9.72 Å². The maximum absolute atomic E-state index is 12.9. The molecule has 0 spiro atoms. The van der Waals surface area contributed by atoms with E-state index in [1.54, 1.807) is 7.11 Å². The molecule has 0 radical (unpaired) electrons. The van der Waals surface area contributed by atoms with Crippen molar-refractivity contribution in [2.45, 2.75) is 6.92 Å². The van der Waals surface area contributed by atoms with Gasteiger partial charge in [0.1, 0.15) is 10.6 Å². The van der Waals surface area contributed by atoms with E-state index in [0.717, 1.165) is 22.1 Å². The van der Waals surface area contributed by atoms with Crippen molar-refractivity contribution in [2.75, 3.05) is 12.4 Å². The summed E-state index contributed by atoms with van der Waals surface area (Å²) in [5.41, 5.74) is 2.37. The number of aromatic nitrogens is 3. The number of thiazole rings is 2. The van der Waals surface area contributed by atoms with Crippen molar-refractivity contribution in [2.24, 2.45) is 0 Å². The van der Waals surface area contributed by atoms with Crippen molar-refractivity contribution in [1.82, 2.24) is 14.5 Å². The average Bonchev–Trinajstić information content (AvgIpc) is 3.42. The normalized spacial score (nSPS) is 10.7. The molecule has 4 aromatic rings. The van der Waals surface area contributed by atoms with Crippen molar-refractivity contribution < 1.29 is 9.53 Å². The number of nitrogens with one attached hydrogen (secondary N) is 1. The highest BCUT2D eigenvalue weighted by atomic mass is 32.1. The molecule has 6 nitrogen and oxygen atoms in total. The molecule has 4 rings (SSSR count). The molecule has 3 heterocycles. The van der Waals surface area contributed by atoms with Crippen LogP contribution in [0.1, 0.15) is 15.4 Å². The molecule has 0 bridgehead atoms. The zero-order valence-electron chi connectivity index (χ0n) is 14.7. The van der Waals surface area contributed by atoms with Crippen LogP contribution < -0.4 is 10.1 Å². The number of anilines is 1. The fourth-order valence-corrected chi connectivity index (χ4v) is 4.18. The first-order chi connectivity index (χ1) is 13.1. The zero-order valence-corrected chi connectivity index (χ0v) is 16.3. The molecule has 27 heavy (non-hydrogen) atoms. The van der Waals surface area contributed by atoms with Gasteiger partial charge in [0.15, 0.2) is 10.3 Å². The van der Waals surface area contributed by atoms with Crippen LogP contribution in [0.2, 0.25) is 0 Å². The van der Waals surface area contributed by atoms with Gasteiger partial charge in [0.25, 0.3) is 5.91 Å². The standard InChI is InChI=1S/C19H16N4O2S2/c1-12-11-26-18(20-12)22-17(24)16-15(13-5-7-14(25-2)8-6-13)21-19(27-16)23-9-3-4-10-23/h3-11H,1-2H3,(H,20,22,24). The Bertz CT molecular complexity index is 1070. The maximum Gasteiger partial charge on any atom is 0.269 e. The van der Waals surface area contributed by atoms with Crippen LogP contribution in [0, 0.1) is 6.92 Å². The molecule has 0 saturated carbocycles. The van der Waals surface area contributed by atoms with Crippen LogP contribution in [-0.4, -0.2) is 27.6 Å². The van der Waals surface area contributed by atoms with E-state index in [0.29, 0.717) is 15.7 Å². The zero-order chi connectivity index (χ0) is 18.8. The third-order valence-corrected chi connectivity index (χ3v) is 5.79. The molecule has 0 aliphatic rings. The smallest absolute Gasteiger partial charge is 0.269 e. The second-order valence-electron chi connectivity index (χ2n) is 5.74. The summed E-state index contributed by atoms with van der Waals surface area (Å²) >= 11 is 2.74. The Balaban J connectivity index is 1.74. The Kier molecular flexibility index (Phi) is 4.74. The minimum Gasteiger partial charge on any atom is -0.497 e. The number of methoxy groups -OCH3 is 1. The maximum atomic E-state index is 12.9. The van der Waals surface area contributed by atoms with Crippen LogP contribution in [-0.2, 0) is 0 Å². The molecule has 0 unspecified atom stereocenters. The number of carbonyl (C=O) groups is 1. The minimum absolute atomic E-state index is 0.217. The summed E-state index contributed by atoms with van der Waals surface area (Å²) in [5.74, 6) is 0.537. The first kappa shape index (κ1) is 17.4. The van der Waals surface area contributed by atoms with Crippen molar-refractivity contribution in [3.8, 4) is 22.1 Å². The van der Waals surface area contributed by atoms with E-state index < -0.39 is 0 Å². The largest absolute Gasteiger partial charge is 0.497 e. The Morgan fingerprint density at radius 1 is 1.15 bits per heavy atom. The Morgan fingerprint density at radius 2 is 1.89 bits per heavy atom. The molecule has 0 saturated heterocycles. The number of carbonyl (C=O) groups excluding carboxylic acids is 1. The molecular formula is C19H16N4O2S2. The van der Waals surface area contributed by atoms with Gasteiger partial charge < -0.3 is 9.30 Å². The number of ether oxygens (including phenoxy) is 1. The summed E-state index contributed by atoms with van der Waals surface area (Å²) in [6, 6.07) is 11.4. The molecule has 8 heteroatoms. The van der Waals surface area contributed by atoms with Crippen LogP contribution in [0.5, 0.6) is 5.75 Å². The second-order valence-corrected chi connectivity index (χ2v) is 7.58. The summed E-state index contributed by atoms with van der Waals surface area (Å²) in [6.07, 6.45) is 3.81. The highest BCUT2D eigenvalue weighted by Gasteiger charge is 2.21. The molecule has 1 N–H and O–H groups in total. The predicted molar refractivity (Wildman–Crippen MR) is 108 cm³/mol. The van der Waals surface area contributed by atoms with Gasteiger partial charge in [0, 0.05) is 23.3 Å². The van der Waals surface area contributed by atoms with Crippen LogP contribution >= 0.6 is 22.7 Å². The summed E-state index contributed by atoms with van der Waals surface area (Å²) in [7, 11) is 1.62. The van der Waals surface area contributed by atoms with E-state index in [1.807, 2.05) is 65.7 Å². The fourth-order valence-electron chi connectivity index (χ4n) is 2.55. The SMILES string of the molecule is COc1ccc(-c2nc(-n3cccc3)sc2C(=O)Nc2nc(C)cs2)cc1. The molecule has 136 valence electrons. The van der Waals surface area contributed by atoms with Crippen LogP contribution in [0.25, 0.3) is 16.4 Å². The first-order valence-electron chi connectivity index (χ1n) is 8.16.